The highest BCUT2D eigenvalue weighted by atomic mass is 32.1. The van der Waals surface area contributed by atoms with Gasteiger partial charge in [0.25, 0.3) is 5.91 Å². The molecule has 2 aliphatic rings. The Labute approximate surface area is 133 Å². The molecule has 3 heterocycles. The van der Waals surface area contributed by atoms with Crippen molar-refractivity contribution in [3.8, 4) is 0 Å². The van der Waals surface area contributed by atoms with Crippen molar-refractivity contribution in [1.29, 1.82) is 0 Å². The predicted octanol–water partition coefficient (Wildman–Crippen LogP) is 1.52. The topological polar surface area (TPSA) is 71.0 Å². The third-order valence-corrected chi connectivity index (χ3v) is 4.57. The number of nitrogens with one attached hydrogen (secondary N) is 1. The van der Waals surface area contributed by atoms with Crippen LogP contribution in [0, 0.1) is 0 Å². The molecule has 6 nitrogen and oxygen atoms in total. The van der Waals surface area contributed by atoms with E-state index in [-0.39, 0.29) is 17.9 Å². The van der Waals surface area contributed by atoms with E-state index in [1.54, 1.807) is 16.2 Å². The number of thiophene rings is 1. The fourth-order valence-corrected chi connectivity index (χ4v) is 3.33. The quantitative estimate of drug-likeness (QED) is 0.894. The van der Waals surface area contributed by atoms with Gasteiger partial charge in [0.05, 0.1) is 6.10 Å². The molecule has 1 fully saturated rings. The molecule has 1 aromatic rings. The van der Waals surface area contributed by atoms with E-state index in [9.17, 15) is 9.59 Å². The maximum Gasteiger partial charge on any atom is 0.270 e. The summed E-state index contributed by atoms with van der Waals surface area (Å²) in [5, 5.41) is 7.97. The maximum atomic E-state index is 12.7. The minimum atomic E-state index is -0.139. The van der Waals surface area contributed by atoms with Gasteiger partial charge in [0.1, 0.15) is 5.71 Å². The van der Waals surface area contributed by atoms with Gasteiger partial charge < -0.3 is 9.64 Å². The normalized spacial score (nSPS) is 21.4. The molecule has 1 saturated heterocycles. The molecule has 1 atom stereocenters. The number of hydrogen-bond acceptors (Lipinski definition) is 5. The molecule has 7 heteroatoms. The standard InChI is InChI=1S/C15H19N3O3S/c19-14-4-3-13(16-17-14)15(20)18(8-11-5-7-22-10-11)9-12-2-1-6-21-12/h5,7,10,12H,1-4,6,8-9H2,(H,17,19)/t12-/m0/s1. The van der Waals surface area contributed by atoms with Crippen LogP contribution in [0.3, 0.4) is 0 Å². The molecule has 22 heavy (non-hydrogen) atoms. The summed E-state index contributed by atoms with van der Waals surface area (Å²) in [6.45, 7) is 1.89. The summed E-state index contributed by atoms with van der Waals surface area (Å²) in [6, 6.07) is 2.02. The zero-order valence-corrected chi connectivity index (χ0v) is 13.1. The monoisotopic (exact) mass is 321 g/mol. The number of amides is 2. The molecule has 0 aliphatic carbocycles. The summed E-state index contributed by atoms with van der Waals surface area (Å²) < 4.78 is 5.66. The van der Waals surface area contributed by atoms with Crippen molar-refractivity contribution >= 4 is 28.9 Å². The van der Waals surface area contributed by atoms with E-state index in [0.717, 1.165) is 25.0 Å². The number of carbonyl (C=O) groups is 2. The first-order valence-electron chi connectivity index (χ1n) is 7.50. The molecule has 0 radical (unpaired) electrons. The molecule has 0 aromatic carbocycles. The Morgan fingerprint density at radius 3 is 3.05 bits per heavy atom. The summed E-state index contributed by atoms with van der Waals surface area (Å²) in [6.07, 6.45) is 2.84. The van der Waals surface area contributed by atoms with Gasteiger partial charge in [-0.2, -0.15) is 16.4 Å². The number of hydrogen-bond donors (Lipinski definition) is 1. The fourth-order valence-electron chi connectivity index (χ4n) is 2.67. The number of nitrogens with zero attached hydrogens (tertiary/aromatic N) is 2. The second kappa shape index (κ2) is 7.02. The molecular formula is C15H19N3O3S. The lowest BCUT2D eigenvalue weighted by Gasteiger charge is -2.26. The van der Waals surface area contributed by atoms with Crippen LogP contribution >= 0.6 is 11.3 Å². The molecule has 2 aliphatic heterocycles. The largest absolute Gasteiger partial charge is 0.376 e. The van der Waals surface area contributed by atoms with E-state index in [0.29, 0.717) is 31.6 Å². The Kier molecular flexibility index (Phi) is 4.84. The van der Waals surface area contributed by atoms with Crippen LogP contribution in [0.1, 0.15) is 31.2 Å². The highest BCUT2D eigenvalue weighted by molar-refractivity contribution is 7.07. The van der Waals surface area contributed by atoms with Crippen molar-refractivity contribution in [1.82, 2.24) is 10.3 Å². The van der Waals surface area contributed by atoms with E-state index in [4.69, 9.17) is 4.74 Å². The van der Waals surface area contributed by atoms with Crippen molar-refractivity contribution in [3.63, 3.8) is 0 Å². The van der Waals surface area contributed by atoms with E-state index in [1.807, 2.05) is 16.8 Å². The molecule has 3 rings (SSSR count). The highest BCUT2D eigenvalue weighted by Gasteiger charge is 2.27. The molecule has 0 spiro atoms. The lowest BCUT2D eigenvalue weighted by Crippen LogP contribution is -2.43. The van der Waals surface area contributed by atoms with Crippen LogP contribution < -0.4 is 5.43 Å². The summed E-state index contributed by atoms with van der Waals surface area (Å²) in [5.74, 6) is -0.248. The highest BCUT2D eigenvalue weighted by Crippen LogP contribution is 2.17. The van der Waals surface area contributed by atoms with Gasteiger partial charge in [0.2, 0.25) is 5.91 Å². The second-order valence-corrected chi connectivity index (χ2v) is 6.33. The zero-order chi connectivity index (χ0) is 15.4. The minimum Gasteiger partial charge on any atom is -0.376 e. The van der Waals surface area contributed by atoms with E-state index < -0.39 is 0 Å². The zero-order valence-electron chi connectivity index (χ0n) is 12.3. The van der Waals surface area contributed by atoms with Crippen LogP contribution in [0.15, 0.2) is 21.9 Å². The van der Waals surface area contributed by atoms with Gasteiger partial charge in [-0.15, -0.1) is 0 Å². The molecule has 0 bridgehead atoms. The smallest absolute Gasteiger partial charge is 0.270 e. The lowest BCUT2D eigenvalue weighted by atomic mass is 10.1. The van der Waals surface area contributed by atoms with Crippen LogP contribution in [0.2, 0.25) is 0 Å². The number of rotatable bonds is 5. The third kappa shape index (κ3) is 3.72. The van der Waals surface area contributed by atoms with Gasteiger partial charge in [0.15, 0.2) is 0 Å². The summed E-state index contributed by atoms with van der Waals surface area (Å²) in [4.78, 5) is 25.7. The van der Waals surface area contributed by atoms with Crippen molar-refractivity contribution < 1.29 is 14.3 Å². The first kappa shape index (κ1) is 15.2. The van der Waals surface area contributed by atoms with Crippen LogP contribution in [-0.2, 0) is 20.9 Å². The third-order valence-electron chi connectivity index (χ3n) is 3.84. The number of hydrazone groups is 1. The maximum absolute atomic E-state index is 12.7. The summed E-state index contributed by atoms with van der Waals surface area (Å²) in [7, 11) is 0. The van der Waals surface area contributed by atoms with Crippen LogP contribution in [0.25, 0.3) is 0 Å². The molecular weight excluding hydrogens is 302 g/mol. The predicted molar refractivity (Wildman–Crippen MR) is 83.5 cm³/mol. The SMILES string of the molecule is O=C1CCC(C(=O)N(Cc2ccsc2)C[C@@H]2CCCO2)=NN1. The van der Waals surface area contributed by atoms with Crippen LogP contribution in [-0.4, -0.2) is 41.7 Å². The summed E-state index contributed by atoms with van der Waals surface area (Å²) in [5.41, 5.74) is 3.92. The molecule has 0 unspecified atom stereocenters. The fraction of sp³-hybridized carbons (Fsp3) is 0.533. The van der Waals surface area contributed by atoms with Gasteiger partial charge in [-0.3, -0.25) is 9.59 Å². The average Bonchev–Trinajstić information content (AvgIpc) is 3.20. The van der Waals surface area contributed by atoms with Crippen molar-refractivity contribution in [2.75, 3.05) is 13.2 Å². The van der Waals surface area contributed by atoms with E-state index >= 15 is 0 Å². The van der Waals surface area contributed by atoms with Crippen molar-refractivity contribution in [2.24, 2.45) is 5.10 Å². The Morgan fingerprint density at radius 1 is 1.50 bits per heavy atom. The molecule has 118 valence electrons. The minimum absolute atomic E-state index is 0.0985. The Hall–Kier alpha value is -1.73. The van der Waals surface area contributed by atoms with Crippen LogP contribution in [0.5, 0.6) is 0 Å². The van der Waals surface area contributed by atoms with E-state index in [1.165, 1.54) is 0 Å². The van der Waals surface area contributed by atoms with Crippen molar-refractivity contribution in [2.45, 2.75) is 38.3 Å². The molecule has 0 saturated carbocycles. The molecule has 1 aromatic heterocycles. The number of carbonyl (C=O) groups excluding carboxylic acids is 2. The van der Waals surface area contributed by atoms with Gasteiger partial charge in [-0.25, -0.2) is 5.43 Å². The van der Waals surface area contributed by atoms with Crippen LogP contribution in [0.4, 0.5) is 0 Å². The Bertz CT molecular complexity index is 565. The first-order valence-corrected chi connectivity index (χ1v) is 8.44. The van der Waals surface area contributed by atoms with Gasteiger partial charge in [-0.1, -0.05) is 0 Å². The van der Waals surface area contributed by atoms with Gasteiger partial charge >= 0.3 is 0 Å². The first-order chi connectivity index (χ1) is 10.7. The summed E-state index contributed by atoms with van der Waals surface area (Å²) >= 11 is 1.62. The molecule has 1 N–H and O–H groups in total. The van der Waals surface area contributed by atoms with Gasteiger partial charge in [-0.05, 0) is 35.2 Å². The van der Waals surface area contributed by atoms with E-state index in [2.05, 4.69) is 10.5 Å². The lowest BCUT2D eigenvalue weighted by molar-refractivity contribution is -0.126. The Morgan fingerprint density at radius 2 is 2.41 bits per heavy atom. The number of ether oxygens (including phenoxy) is 1. The second-order valence-electron chi connectivity index (χ2n) is 5.55. The molecule has 2 amide bonds. The van der Waals surface area contributed by atoms with Gasteiger partial charge in [0, 0.05) is 32.5 Å². The van der Waals surface area contributed by atoms with Crippen molar-refractivity contribution in [3.05, 3.63) is 22.4 Å². The Balaban J connectivity index is 1.71. The average molecular weight is 321 g/mol.